The van der Waals surface area contributed by atoms with Crippen LogP contribution in [0.1, 0.15) is 54.4 Å². The van der Waals surface area contributed by atoms with Crippen LogP contribution in [0, 0.1) is 5.82 Å². The first-order valence-corrected chi connectivity index (χ1v) is 13.2. The molecule has 0 saturated carbocycles. The molecule has 1 aliphatic rings. The fourth-order valence-electron chi connectivity index (χ4n) is 5.54. The first-order chi connectivity index (χ1) is 19.0. The largest absolute Gasteiger partial charge is 0.419 e. The number of nitrogens with zero attached hydrogens (tertiary/aromatic N) is 4. The third kappa shape index (κ3) is 5.56. The lowest BCUT2D eigenvalue weighted by Crippen LogP contribution is -2.28. The summed E-state index contributed by atoms with van der Waals surface area (Å²) in [4.78, 5) is 20.1. The van der Waals surface area contributed by atoms with Crippen LogP contribution in [0.25, 0.3) is 10.8 Å². The molecule has 0 bridgehead atoms. The second-order valence-corrected chi connectivity index (χ2v) is 10.5. The zero-order valence-electron chi connectivity index (χ0n) is 22.6. The molecule has 1 aliphatic heterocycles. The molecule has 0 N–H and O–H groups in total. The molecule has 0 saturated heterocycles. The molecule has 0 fully saturated rings. The van der Waals surface area contributed by atoms with Crippen molar-refractivity contribution in [2.45, 2.75) is 51.9 Å². The molecule has 1 unspecified atom stereocenters. The van der Waals surface area contributed by atoms with Gasteiger partial charge in [-0.25, -0.2) is 4.39 Å². The monoisotopic (exact) mass is 550 g/mol. The van der Waals surface area contributed by atoms with Crippen LogP contribution in [-0.2, 0) is 30.4 Å². The predicted octanol–water partition coefficient (Wildman–Crippen LogP) is 6.70. The Morgan fingerprint density at radius 3 is 2.62 bits per heavy atom. The predicted molar refractivity (Wildman–Crippen MR) is 145 cm³/mol. The lowest BCUT2D eigenvalue weighted by atomic mass is 9.85. The van der Waals surface area contributed by atoms with Crippen molar-refractivity contribution in [1.29, 1.82) is 0 Å². The maximum absolute atomic E-state index is 14.8. The van der Waals surface area contributed by atoms with E-state index >= 15 is 0 Å². The minimum Gasteiger partial charge on any atom is -0.300 e. The molecule has 1 atom stereocenters. The Hall–Kier alpha value is -3.85. The number of fused-ring (bicyclic) bond motifs is 2. The van der Waals surface area contributed by atoms with Crippen LogP contribution in [0.4, 0.5) is 17.6 Å². The quantitative estimate of drug-likeness (QED) is 0.229. The summed E-state index contributed by atoms with van der Waals surface area (Å²) in [5.41, 5.74) is 2.54. The first-order valence-electron chi connectivity index (χ1n) is 13.2. The van der Waals surface area contributed by atoms with E-state index in [9.17, 15) is 22.4 Å². The van der Waals surface area contributed by atoms with E-state index in [4.69, 9.17) is 5.10 Å². The maximum Gasteiger partial charge on any atom is 0.419 e. The van der Waals surface area contributed by atoms with Gasteiger partial charge in [0.2, 0.25) is 0 Å². The van der Waals surface area contributed by atoms with Crippen molar-refractivity contribution in [2.75, 3.05) is 13.6 Å². The number of carbonyl (C=O) groups is 1. The summed E-state index contributed by atoms with van der Waals surface area (Å²) in [5.74, 6) is -1.55. The van der Waals surface area contributed by atoms with E-state index in [1.807, 2.05) is 44.3 Å². The number of hydrogen-bond acceptors (Lipinski definition) is 4. The average molecular weight is 551 g/mol. The fourth-order valence-corrected chi connectivity index (χ4v) is 5.54. The molecule has 3 heterocycles. The van der Waals surface area contributed by atoms with Gasteiger partial charge in [-0.1, -0.05) is 36.8 Å². The highest BCUT2D eigenvalue weighted by Gasteiger charge is 2.37. The summed E-state index contributed by atoms with van der Waals surface area (Å²) in [5, 5.41) is 6.68. The molecule has 5 nitrogen and oxygen atoms in total. The van der Waals surface area contributed by atoms with Crippen molar-refractivity contribution in [3.63, 3.8) is 0 Å². The van der Waals surface area contributed by atoms with Crippen LogP contribution in [0.15, 0.2) is 72.1 Å². The lowest BCUT2D eigenvalue weighted by molar-refractivity contribution is -0.140. The van der Waals surface area contributed by atoms with Crippen molar-refractivity contribution in [2.24, 2.45) is 0 Å². The molecule has 2 aromatic carbocycles. The van der Waals surface area contributed by atoms with Crippen LogP contribution in [0.3, 0.4) is 0 Å². The third-order valence-corrected chi connectivity index (χ3v) is 7.31. The summed E-state index contributed by atoms with van der Waals surface area (Å²) in [6, 6.07) is 11.6. The van der Waals surface area contributed by atoms with Crippen molar-refractivity contribution >= 4 is 16.6 Å². The van der Waals surface area contributed by atoms with E-state index in [1.54, 1.807) is 17.1 Å². The van der Waals surface area contributed by atoms with Crippen LogP contribution in [-0.4, -0.2) is 39.0 Å². The van der Waals surface area contributed by atoms with Gasteiger partial charge in [-0.3, -0.25) is 14.5 Å². The van der Waals surface area contributed by atoms with E-state index in [0.717, 1.165) is 58.4 Å². The van der Waals surface area contributed by atoms with Crippen LogP contribution in [0.2, 0.25) is 0 Å². The van der Waals surface area contributed by atoms with Crippen molar-refractivity contribution in [3.05, 3.63) is 106 Å². The lowest BCUT2D eigenvalue weighted by Gasteiger charge is -2.29. The van der Waals surface area contributed by atoms with Crippen molar-refractivity contribution in [3.8, 4) is 0 Å². The molecule has 0 amide bonds. The maximum atomic E-state index is 14.8. The minimum absolute atomic E-state index is 0.0905. The number of halogens is 4. The number of Topliss-reactive ketones (excluding diaryl/α,β-unsaturated/α-hetero) is 1. The molecule has 40 heavy (non-hydrogen) atoms. The number of rotatable bonds is 8. The number of carbonyl (C=O) groups excluding carboxylic acids is 1. The van der Waals surface area contributed by atoms with E-state index < -0.39 is 23.6 Å². The van der Waals surface area contributed by atoms with Gasteiger partial charge < -0.3 is 4.90 Å². The van der Waals surface area contributed by atoms with Gasteiger partial charge in [0.05, 0.1) is 11.3 Å². The number of ketones is 1. The number of pyridine rings is 1. The second kappa shape index (κ2) is 11.0. The number of aromatic nitrogens is 3. The van der Waals surface area contributed by atoms with Gasteiger partial charge in [-0.15, -0.1) is 0 Å². The zero-order chi connectivity index (χ0) is 28.6. The Kier molecular flexibility index (Phi) is 7.59. The van der Waals surface area contributed by atoms with Crippen LogP contribution >= 0.6 is 0 Å². The summed E-state index contributed by atoms with van der Waals surface area (Å²) < 4.78 is 56.5. The molecule has 5 rings (SSSR count). The first kappa shape index (κ1) is 27.7. The van der Waals surface area contributed by atoms with E-state index in [0.29, 0.717) is 18.5 Å². The van der Waals surface area contributed by atoms with Gasteiger partial charge in [0.1, 0.15) is 11.9 Å². The Morgan fingerprint density at radius 2 is 1.90 bits per heavy atom. The molecule has 0 radical (unpaired) electrons. The highest BCUT2D eigenvalue weighted by atomic mass is 19.4. The smallest absolute Gasteiger partial charge is 0.300 e. The Morgan fingerprint density at radius 1 is 1.10 bits per heavy atom. The Balaban J connectivity index is 1.56. The average Bonchev–Trinajstić information content (AvgIpc) is 3.28. The number of hydrogen-bond donors (Lipinski definition) is 0. The van der Waals surface area contributed by atoms with Gasteiger partial charge >= 0.3 is 6.18 Å². The van der Waals surface area contributed by atoms with Gasteiger partial charge in [-0.05, 0) is 67.7 Å². The summed E-state index contributed by atoms with van der Waals surface area (Å²) >= 11 is 0. The van der Waals surface area contributed by atoms with Crippen molar-refractivity contribution < 1.29 is 22.4 Å². The van der Waals surface area contributed by atoms with Gasteiger partial charge in [0.15, 0.2) is 5.78 Å². The van der Waals surface area contributed by atoms with Crippen LogP contribution < -0.4 is 0 Å². The van der Waals surface area contributed by atoms with E-state index in [-0.39, 0.29) is 17.8 Å². The van der Waals surface area contributed by atoms with Gasteiger partial charge in [0, 0.05) is 48.4 Å². The summed E-state index contributed by atoms with van der Waals surface area (Å²) in [7, 11) is 1.99. The van der Waals surface area contributed by atoms with E-state index in [2.05, 4.69) is 16.8 Å². The summed E-state index contributed by atoms with van der Waals surface area (Å²) in [6.45, 7) is 5.39. The zero-order valence-corrected chi connectivity index (χ0v) is 22.6. The minimum atomic E-state index is -4.82. The SMILES string of the molecule is CCCN(C)Cc1cc2n(n1)C(c1ccc(C(F)(F)F)c(F)c1)C(C(=O)Cc1ccc3cnccc3c1)=C(C)C2. The van der Waals surface area contributed by atoms with Gasteiger partial charge in [0.25, 0.3) is 0 Å². The van der Waals surface area contributed by atoms with Crippen LogP contribution in [0.5, 0.6) is 0 Å². The molecule has 2 aromatic heterocycles. The fraction of sp³-hybridized carbons (Fsp3) is 0.323. The number of alkyl halides is 3. The topological polar surface area (TPSA) is 51.0 Å². The molecule has 4 aromatic rings. The van der Waals surface area contributed by atoms with E-state index in [1.165, 1.54) is 6.07 Å². The molecular weight excluding hydrogens is 520 g/mol. The second-order valence-electron chi connectivity index (χ2n) is 10.5. The summed E-state index contributed by atoms with van der Waals surface area (Å²) in [6.07, 6.45) is 0.146. The Bertz CT molecular complexity index is 1600. The highest BCUT2D eigenvalue weighted by molar-refractivity contribution is 5.99. The molecule has 208 valence electrons. The molecule has 0 aliphatic carbocycles. The molecule has 9 heteroatoms. The Labute approximate surface area is 230 Å². The normalized spacial score (nSPS) is 15.7. The number of allylic oxidation sites excluding steroid dienone is 2. The molecular formula is C31H30F4N4O. The molecule has 0 spiro atoms. The standard InChI is InChI=1S/C31H30F4N4O/c1-4-11-38(3)18-24-16-25-12-19(2)29(28(40)14-20-5-6-23-17-36-10-9-21(23)13-20)30(39(25)37-24)22-7-8-26(27(32)15-22)31(33,34)35/h5-10,13,15-17,30H,4,11-12,14,18H2,1-3H3. The highest BCUT2D eigenvalue weighted by Crippen LogP contribution is 2.39. The third-order valence-electron chi connectivity index (χ3n) is 7.31. The van der Waals surface area contributed by atoms with Gasteiger partial charge in [-0.2, -0.15) is 18.3 Å². The van der Waals surface area contributed by atoms with Crippen molar-refractivity contribution in [1.82, 2.24) is 19.7 Å². The number of benzene rings is 2.